The Hall–Kier alpha value is -2.84. The molecule has 0 amide bonds. The third-order valence-corrected chi connectivity index (χ3v) is 3.51. The number of rotatable bonds is 9. The second-order valence-corrected chi connectivity index (χ2v) is 5.72. The zero-order valence-electron chi connectivity index (χ0n) is 14.8. The van der Waals surface area contributed by atoms with Crippen LogP contribution in [0, 0.1) is 11.6 Å². The van der Waals surface area contributed by atoms with E-state index in [1.807, 2.05) is 0 Å². The highest BCUT2D eigenvalue weighted by atomic mass is 19.4. The first-order valence-corrected chi connectivity index (χ1v) is 8.27. The van der Waals surface area contributed by atoms with Crippen molar-refractivity contribution in [1.29, 1.82) is 0 Å². The average Bonchev–Trinajstić information content (AvgIpc) is 2.58. The maximum Gasteiger partial charge on any atom is 0.573 e. The minimum absolute atomic E-state index is 0.0838. The molecule has 2 rings (SSSR count). The maximum atomic E-state index is 14.0. The second-order valence-electron chi connectivity index (χ2n) is 5.72. The molecular formula is C19H17F5O4. The molecule has 0 N–H and O–H groups in total. The zero-order chi connectivity index (χ0) is 20.7. The summed E-state index contributed by atoms with van der Waals surface area (Å²) in [6, 6.07) is 7.16. The lowest BCUT2D eigenvalue weighted by Gasteiger charge is -2.11. The monoisotopic (exact) mass is 404 g/mol. The van der Waals surface area contributed by atoms with Gasteiger partial charge in [0.15, 0.2) is 17.3 Å². The van der Waals surface area contributed by atoms with E-state index in [0.717, 1.165) is 31.2 Å². The van der Waals surface area contributed by atoms with Crippen molar-refractivity contribution in [2.45, 2.75) is 26.1 Å². The van der Waals surface area contributed by atoms with Gasteiger partial charge in [-0.1, -0.05) is 6.07 Å². The van der Waals surface area contributed by atoms with Crippen molar-refractivity contribution in [3.63, 3.8) is 0 Å². The molecule has 0 aliphatic rings. The van der Waals surface area contributed by atoms with Crippen LogP contribution >= 0.6 is 0 Å². The Morgan fingerprint density at radius 1 is 0.964 bits per heavy atom. The molecule has 0 aromatic heterocycles. The lowest BCUT2D eigenvalue weighted by Crippen LogP contribution is -2.17. The molecule has 9 heteroatoms. The SMILES string of the molecule is CC(=O)c1c(F)ccc(OCCCCOc2cccc(OC(F)(F)F)c2)c1F. The normalized spacial score (nSPS) is 11.2. The Labute approximate surface area is 157 Å². The highest BCUT2D eigenvalue weighted by Crippen LogP contribution is 2.26. The van der Waals surface area contributed by atoms with Crippen molar-refractivity contribution in [2.24, 2.45) is 0 Å². The van der Waals surface area contributed by atoms with Gasteiger partial charge in [0.05, 0.1) is 18.8 Å². The number of Topliss-reactive ketones (excluding diaryl/α,β-unsaturated/α-hetero) is 1. The van der Waals surface area contributed by atoms with Gasteiger partial charge in [-0.2, -0.15) is 0 Å². The molecule has 0 saturated heterocycles. The minimum Gasteiger partial charge on any atom is -0.493 e. The fourth-order valence-electron chi connectivity index (χ4n) is 2.30. The van der Waals surface area contributed by atoms with Gasteiger partial charge in [-0.15, -0.1) is 13.2 Å². The Morgan fingerprint density at radius 2 is 1.61 bits per heavy atom. The minimum atomic E-state index is -4.78. The summed E-state index contributed by atoms with van der Waals surface area (Å²) in [6.07, 6.45) is -3.88. The molecule has 4 nitrogen and oxygen atoms in total. The van der Waals surface area contributed by atoms with Crippen molar-refractivity contribution >= 4 is 5.78 Å². The number of carbonyl (C=O) groups excluding carboxylic acids is 1. The van der Waals surface area contributed by atoms with Crippen LogP contribution in [0.2, 0.25) is 0 Å². The van der Waals surface area contributed by atoms with Crippen molar-refractivity contribution in [2.75, 3.05) is 13.2 Å². The van der Waals surface area contributed by atoms with E-state index < -0.39 is 29.3 Å². The van der Waals surface area contributed by atoms with Gasteiger partial charge >= 0.3 is 6.36 Å². The zero-order valence-corrected chi connectivity index (χ0v) is 14.8. The number of ketones is 1. The third-order valence-electron chi connectivity index (χ3n) is 3.51. The number of carbonyl (C=O) groups is 1. The van der Waals surface area contributed by atoms with Gasteiger partial charge in [0.25, 0.3) is 0 Å². The summed E-state index contributed by atoms with van der Waals surface area (Å²) >= 11 is 0. The number of alkyl halides is 3. The predicted octanol–water partition coefficient (Wildman–Crippen LogP) is 5.30. The van der Waals surface area contributed by atoms with Crippen LogP contribution in [0.3, 0.4) is 0 Å². The van der Waals surface area contributed by atoms with Crippen LogP contribution in [0.5, 0.6) is 17.2 Å². The largest absolute Gasteiger partial charge is 0.573 e. The quantitative estimate of drug-likeness (QED) is 0.323. The summed E-state index contributed by atoms with van der Waals surface area (Å²) in [5.41, 5.74) is -0.651. The van der Waals surface area contributed by atoms with Crippen molar-refractivity contribution in [1.82, 2.24) is 0 Å². The van der Waals surface area contributed by atoms with Crippen LogP contribution in [-0.4, -0.2) is 25.4 Å². The van der Waals surface area contributed by atoms with E-state index in [1.54, 1.807) is 0 Å². The molecule has 0 radical (unpaired) electrons. The van der Waals surface area contributed by atoms with Crippen LogP contribution in [0.25, 0.3) is 0 Å². The first-order chi connectivity index (χ1) is 13.2. The molecule has 28 heavy (non-hydrogen) atoms. The maximum absolute atomic E-state index is 14.0. The van der Waals surface area contributed by atoms with Gasteiger partial charge in [0, 0.05) is 6.07 Å². The molecule has 0 fully saturated rings. The van der Waals surface area contributed by atoms with E-state index in [0.29, 0.717) is 12.8 Å². The second kappa shape index (κ2) is 9.38. The van der Waals surface area contributed by atoms with E-state index in [-0.39, 0.29) is 30.5 Å². The van der Waals surface area contributed by atoms with E-state index >= 15 is 0 Å². The van der Waals surface area contributed by atoms with E-state index in [1.165, 1.54) is 12.1 Å². The number of hydrogen-bond acceptors (Lipinski definition) is 4. The van der Waals surface area contributed by atoms with Crippen molar-refractivity contribution in [3.8, 4) is 17.2 Å². The van der Waals surface area contributed by atoms with Gasteiger partial charge in [-0.25, -0.2) is 8.78 Å². The molecule has 0 saturated carbocycles. The lowest BCUT2D eigenvalue weighted by molar-refractivity contribution is -0.274. The summed E-state index contributed by atoms with van der Waals surface area (Å²) < 4.78 is 78.4. The molecule has 0 aliphatic heterocycles. The fraction of sp³-hybridized carbons (Fsp3) is 0.316. The van der Waals surface area contributed by atoms with Crippen LogP contribution in [0.1, 0.15) is 30.1 Å². The molecule has 0 heterocycles. The molecule has 2 aromatic rings. The van der Waals surface area contributed by atoms with E-state index in [4.69, 9.17) is 9.47 Å². The van der Waals surface area contributed by atoms with Gasteiger partial charge in [0.1, 0.15) is 17.3 Å². The molecule has 0 unspecified atom stereocenters. The first kappa shape index (κ1) is 21.5. The Kier molecular flexibility index (Phi) is 7.19. The average molecular weight is 404 g/mol. The van der Waals surface area contributed by atoms with Crippen LogP contribution < -0.4 is 14.2 Å². The summed E-state index contributed by atoms with van der Waals surface area (Å²) in [6.45, 7) is 1.32. The summed E-state index contributed by atoms with van der Waals surface area (Å²) in [5.74, 6) is -3.16. The topological polar surface area (TPSA) is 44.8 Å². The predicted molar refractivity (Wildman–Crippen MR) is 89.7 cm³/mol. The summed E-state index contributed by atoms with van der Waals surface area (Å²) in [4.78, 5) is 11.3. The number of hydrogen-bond donors (Lipinski definition) is 0. The lowest BCUT2D eigenvalue weighted by atomic mass is 10.1. The standard InChI is InChI=1S/C19H17F5O4/c1-12(25)17-15(20)7-8-16(18(17)21)27-10-3-2-9-26-13-5-4-6-14(11-13)28-19(22,23)24/h4-8,11H,2-3,9-10H2,1H3. The summed E-state index contributed by atoms with van der Waals surface area (Å²) in [5, 5.41) is 0. The molecule has 2 aromatic carbocycles. The molecule has 152 valence electrons. The van der Waals surface area contributed by atoms with E-state index in [2.05, 4.69) is 4.74 Å². The Morgan fingerprint density at radius 3 is 2.25 bits per heavy atom. The summed E-state index contributed by atoms with van der Waals surface area (Å²) in [7, 11) is 0. The van der Waals surface area contributed by atoms with Gasteiger partial charge < -0.3 is 14.2 Å². The van der Waals surface area contributed by atoms with Gasteiger partial charge in [0.2, 0.25) is 0 Å². The molecule has 0 aliphatic carbocycles. The van der Waals surface area contributed by atoms with Gasteiger partial charge in [-0.05, 0) is 44.0 Å². The molecule has 0 atom stereocenters. The molecular weight excluding hydrogens is 387 g/mol. The Balaban J connectivity index is 1.77. The van der Waals surface area contributed by atoms with Crippen LogP contribution in [-0.2, 0) is 0 Å². The first-order valence-electron chi connectivity index (χ1n) is 8.27. The van der Waals surface area contributed by atoms with Crippen LogP contribution in [0.4, 0.5) is 22.0 Å². The number of unbranched alkanes of at least 4 members (excludes halogenated alkanes) is 1. The highest BCUT2D eigenvalue weighted by molar-refractivity contribution is 5.95. The molecule has 0 spiro atoms. The third kappa shape index (κ3) is 6.40. The Bertz CT molecular complexity index is 820. The van der Waals surface area contributed by atoms with E-state index in [9.17, 15) is 26.7 Å². The molecule has 0 bridgehead atoms. The number of benzene rings is 2. The van der Waals surface area contributed by atoms with Crippen LogP contribution in [0.15, 0.2) is 36.4 Å². The smallest absolute Gasteiger partial charge is 0.493 e. The highest BCUT2D eigenvalue weighted by Gasteiger charge is 2.31. The van der Waals surface area contributed by atoms with Crippen molar-refractivity contribution in [3.05, 3.63) is 53.6 Å². The number of ether oxygens (including phenoxy) is 3. The van der Waals surface area contributed by atoms with Crippen molar-refractivity contribution < 1.29 is 41.0 Å². The fourth-order valence-corrected chi connectivity index (χ4v) is 2.30. The van der Waals surface area contributed by atoms with Gasteiger partial charge in [-0.3, -0.25) is 4.79 Å². The number of halogens is 5.